The molecule has 108 valence electrons. The summed E-state index contributed by atoms with van der Waals surface area (Å²) in [5, 5.41) is 2.63. The van der Waals surface area contributed by atoms with E-state index in [1.165, 1.54) is 12.1 Å². The second-order valence-corrected chi connectivity index (χ2v) is 4.25. The molecular weight excluding hydrogens is 270 g/mol. The number of hydrogen-bond acceptors (Lipinski definition) is 5. The Hall–Kier alpha value is -2.76. The van der Waals surface area contributed by atoms with Crippen LogP contribution in [0.15, 0.2) is 36.4 Å². The monoisotopic (exact) mass is 285 g/mol. The molecule has 1 amide bonds. The van der Waals surface area contributed by atoms with Crippen molar-refractivity contribution >= 4 is 17.7 Å². The zero-order valence-corrected chi connectivity index (χ0v) is 11.8. The fraction of sp³-hybridized carbons (Fsp3) is 0.200. The van der Waals surface area contributed by atoms with Gasteiger partial charge in [-0.3, -0.25) is 4.79 Å². The number of rotatable bonds is 4. The molecule has 0 bridgehead atoms. The van der Waals surface area contributed by atoms with Gasteiger partial charge in [-0.25, -0.2) is 14.8 Å². The number of nitrogens with zero attached hydrogens (tertiary/aromatic N) is 2. The smallest absolute Gasteiger partial charge is 0.356 e. The van der Waals surface area contributed by atoms with Crippen LogP contribution in [0, 0.1) is 6.92 Å². The third kappa shape index (κ3) is 3.85. The van der Waals surface area contributed by atoms with Crippen LogP contribution in [0.5, 0.6) is 0 Å². The van der Waals surface area contributed by atoms with Crippen LogP contribution < -0.4 is 5.32 Å². The van der Waals surface area contributed by atoms with Gasteiger partial charge in [-0.15, -0.1) is 0 Å². The molecule has 6 nitrogen and oxygen atoms in total. The highest BCUT2D eigenvalue weighted by molar-refractivity contribution is 6.03. The van der Waals surface area contributed by atoms with Crippen LogP contribution >= 0.6 is 0 Å². The molecule has 2 heterocycles. The number of carbonyl (C=O) groups excluding carboxylic acids is 2. The van der Waals surface area contributed by atoms with E-state index >= 15 is 0 Å². The summed E-state index contributed by atoms with van der Waals surface area (Å²) in [5.74, 6) is -0.552. The fourth-order valence-corrected chi connectivity index (χ4v) is 1.67. The summed E-state index contributed by atoms with van der Waals surface area (Å²) in [4.78, 5) is 31.9. The first-order valence-corrected chi connectivity index (χ1v) is 6.49. The Bertz CT molecular complexity index is 671. The van der Waals surface area contributed by atoms with Crippen molar-refractivity contribution in [3.05, 3.63) is 53.5 Å². The predicted octanol–water partition coefficient (Wildman–Crippen LogP) is 2.21. The molecule has 2 aromatic rings. The quantitative estimate of drug-likeness (QED) is 0.871. The van der Waals surface area contributed by atoms with Gasteiger partial charge in [-0.05, 0) is 38.1 Å². The van der Waals surface area contributed by atoms with E-state index in [9.17, 15) is 9.59 Å². The minimum atomic E-state index is -0.555. The number of esters is 1. The van der Waals surface area contributed by atoms with E-state index < -0.39 is 11.9 Å². The summed E-state index contributed by atoms with van der Waals surface area (Å²) >= 11 is 0. The van der Waals surface area contributed by atoms with Crippen molar-refractivity contribution in [1.82, 2.24) is 9.97 Å². The molecule has 6 heteroatoms. The topological polar surface area (TPSA) is 81.2 Å². The third-order valence-electron chi connectivity index (χ3n) is 2.60. The maximum atomic E-state index is 12.1. The van der Waals surface area contributed by atoms with Gasteiger partial charge < -0.3 is 10.1 Å². The molecular formula is C15H15N3O3. The number of hydrogen-bond donors (Lipinski definition) is 1. The van der Waals surface area contributed by atoms with Gasteiger partial charge in [-0.2, -0.15) is 0 Å². The van der Waals surface area contributed by atoms with E-state index in [-0.39, 0.29) is 18.0 Å². The number of amides is 1. The van der Waals surface area contributed by atoms with Crippen LogP contribution in [-0.4, -0.2) is 28.5 Å². The lowest BCUT2D eigenvalue weighted by Gasteiger charge is -2.06. The van der Waals surface area contributed by atoms with Gasteiger partial charge in [0.25, 0.3) is 5.91 Å². The van der Waals surface area contributed by atoms with E-state index in [1.807, 2.05) is 13.0 Å². The van der Waals surface area contributed by atoms with Gasteiger partial charge in [0.15, 0.2) is 0 Å². The Morgan fingerprint density at radius 1 is 1.10 bits per heavy atom. The van der Waals surface area contributed by atoms with Crippen molar-refractivity contribution in [2.24, 2.45) is 0 Å². The molecule has 2 aromatic heterocycles. The van der Waals surface area contributed by atoms with Gasteiger partial charge in [0.05, 0.1) is 6.61 Å². The molecule has 0 spiro atoms. The molecule has 0 atom stereocenters. The van der Waals surface area contributed by atoms with Crippen molar-refractivity contribution in [3.63, 3.8) is 0 Å². The highest BCUT2D eigenvalue weighted by Crippen LogP contribution is 2.07. The molecule has 0 unspecified atom stereocenters. The summed E-state index contributed by atoms with van der Waals surface area (Å²) in [7, 11) is 0. The Morgan fingerprint density at radius 3 is 2.52 bits per heavy atom. The zero-order chi connectivity index (χ0) is 15.2. The lowest BCUT2D eigenvalue weighted by molar-refractivity contribution is 0.0519. The molecule has 0 aliphatic carbocycles. The molecule has 0 aliphatic rings. The molecule has 0 saturated heterocycles. The zero-order valence-electron chi connectivity index (χ0n) is 11.8. The molecule has 21 heavy (non-hydrogen) atoms. The second-order valence-electron chi connectivity index (χ2n) is 4.25. The molecule has 0 radical (unpaired) electrons. The maximum Gasteiger partial charge on any atom is 0.356 e. The van der Waals surface area contributed by atoms with Crippen molar-refractivity contribution in [3.8, 4) is 0 Å². The van der Waals surface area contributed by atoms with Crippen molar-refractivity contribution in [2.45, 2.75) is 13.8 Å². The summed E-state index contributed by atoms with van der Waals surface area (Å²) in [6.07, 6.45) is 0. The predicted molar refractivity (Wildman–Crippen MR) is 77.1 cm³/mol. The molecule has 0 saturated carbocycles. The fourth-order valence-electron chi connectivity index (χ4n) is 1.67. The SMILES string of the molecule is CCOC(=O)c1cccc(C(=O)Nc2cccc(C)n2)n1. The molecule has 0 aliphatic heterocycles. The first-order valence-electron chi connectivity index (χ1n) is 6.49. The Labute approximate surface area is 122 Å². The summed E-state index contributed by atoms with van der Waals surface area (Å²) in [6.45, 7) is 3.79. The van der Waals surface area contributed by atoms with Gasteiger partial charge >= 0.3 is 5.97 Å². The maximum absolute atomic E-state index is 12.1. The number of aryl methyl sites for hydroxylation is 1. The van der Waals surface area contributed by atoms with Crippen LogP contribution in [0.25, 0.3) is 0 Å². The molecule has 0 fully saturated rings. The second kappa shape index (κ2) is 6.60. The lowest BCUT2D eigenvalue weighted by Crippen LogP contribution is -2.17. The van der Waals surface area contributed by atoms with E-state index in [4.69, 9.17) is 4.74 Å². The molecule has 0 aromatic carbocycles. The minimum Gasteiger partial charge on any atom is -0.461 e. The van der Waals surface area contributed by atoms with Crippen molar-refractivity contribution in [2.75, 3.05) is 11.9 Å². The average molecular weight is 285 g/mol. The highest BCUT2D eigenvalue weighted by atomic mass is 16.5. The summed E-state index contributed by atoms with van der Waals surface area (Å²) in [6, 6.07) is 9.90. The van der Waals surface area contributed by atoms with Crippen molar-refractivity contribution < 1.29 is 14.3 Å². The Kier molecular flexibility index (Phi) is 4.61. The van der Waals surface area contributed by atoms with Gasteiger partial charge in [-0.1, -0.05) is 12.1 Å². The van der Waals surface area contributed by atoms with Crippen LogP contribution in [0.2, 0.25) is 0 Å². The summed E-state index contributed by atoms with van der Waals surface area (Å²) in [5.41, 5.74) is 1.02. The largest absolute Gasteiger partial charge is 0.461 e. The number of nitrogens with one attached hydrogen (secondary N) is 1. The van der Waals surface area contributed by atoms with E-state index in [0.717, 1.165) is 5.69 Å². The van der Waals surface area contributed by atoms with Crippen LogP contribution in [0.1, 0.15) is 33.6 Å². The van der Waals surface area contributed by atoms with E-state index in [2.05, 4.69) is 15.3 Å². The van der Waals surface area contributed by atoms with Crippen LogP contribution in [0.4, 0.5) is 5.82 Å². The van der Waals surface area contributed by atoms with Crippen LogP contribution in [0.3, 0.4) is 0 Å². The van der Waals surface area contributed by atoms with Crippen molar-refractivity contribution in [1.29, 1.82) is 0 Å². The van der Waals surface area contributed by atoms with Crippen LogP contribution in [-0.2, 0) is 4.74 Å². The number of ether oxygens (including phenoxy) is 1. The number of pyridine rings is 2. The third-order valence-corrected chi connectivity index (χ3v) is 2.60. The lowest BCUT2D eigenvalue weighted by atomic mass is 10.3. The first-order chi connectivity index (χ1) is 10.1. The minimum absolute atomic E-state index is 0.0988. The molecule has 1 N–H and O–H groups in total. The first kappa shape index (κ1) is 14.6. The Balaban J connectivity index is 2.16. The average Bonchev–Trinajstić information content (AvgIpc) is 2.47. The Morgan fingerprint density at radius 2 is 1.81 bits per heavy atom. The number of anilines is 1. The summed E-state index contributed by atoms with van der Waals surface area (Å²) < 4.78 is 4.85. The van der Waals surface area contributed by atoms with E-state index in [1.54, 1.807) is 25.1 Å². The number of carbonyl (C=O) groups is 2. The standard InChI is InChI=1S/C15H15N3O3/c1-3-21-15(20)12-8-5-7-11(17-12)14(19)18-13-9-4-6-10(2)16-13/h4-9H,3H2,1-2H3,(H,16,18,19). The van der Waals surface area contributed by atoms with Gasteiger partial charge in [0.2, 0.25) is 0 Å². The normalized spacial score (nSPS) is 10.0. The molecule has 2 rings (SSSR count). The number of aromatic nitrogens is 2. The van der Waals surface area contributed by atoms with Gasteiger partial charge in [0.1, 0.15) is 17.2 Å². The highest BCUT2D eigenvalue weighted by Gasteiger charge is 2.13. The van der Waals surface area contributed by atoms with E-state index in [0.29, 0.717) is 5.82 Å². The van der Waals surface area contributed by atoms with Gasteiger partial charge in [0, 0.05) is 5.69 Å².